The summed E-state index contributed by atoms with van der Waals surface area (Å²) in [5, 5.41) is 2.64. The molecule has 1 saturated carbocycles. The second-order valence-electron chi connectivity index (χ2n) is 6.69. The summed E-state index contributed by atoms with van der Waals surface area (Å²) in [6.45, 7) is 4.41. The summed E-state index contributed by atoms with van der Waals surface area (Å²) in [7, 11) is 0. The van der Waals surface area contributed by atoms with Crippen molar-refractivity contribution in [1.82, 2.24) is 20.2 Å². The van der Waals surface area contributed by atoms with Crippen molar-refractivity contribution in [2.45, 2.75) is 39.3 Å². The number of carbonyl (C=O) groups is 3. The number of nitrogens with one attached hydrogen (secondary N) is 2. The molecule has 1 atom stereocenters. The van der Waals surface area contributed by atoms with E-state index < -0.39 is 17.7 Å². The fourth-order valence-corrected chi connectivity index (χ4v) is 2.37. The molecule has 27 heavy (non-hydrogen) atoms. The number of imidazole rings is 1. The summed E-state index contributed by atoms with van der Waals surface area (Å²) in [6, 6.07) is 8.61. The highest BCUT2D eigenvalue weighted by Gasteiger charge is 2.28. The van der Waals surface area contributed by atoms with Crippen LogP contribution >= 0.6 is 0 Å². The van der Waals surface area contributed by atoms with Gasteiger partial charge in [0.05, 0.1) is 12.4 Å². The average molecular weight is 370 g/mol. The number of amides is 2. The number of rotatable bonds is 8. The molecule has 1 fully saturated rings. The van der Waals surface area contributed by atoms with Crippen molar-refractivity contribution in [3.63, 3.8) is 0 Å². The van der Waals surface area contributed by atoms with Crippen molar-refractivity contribution in [2.24, 2.45) is 5.92 Å². The Hall–Kier alpha value is -2.96. The van der Waals surface area contributed by atoms with Crippen LogP contribution in [0.4, 0.5) is 0 Å². The Morgan fingerprint density at radius 2 is 2.04 bits per heavy atom. The number of nitrogens with zero attached hydrogens (tertiary/aromatic N) is 2. The Kier molecular flexibility index (Phi) is 7.73. The van der Waals surface area contributed by atoms with Crippen molar-refractivity contribution in [1.29, 1.82) is 0 Å². The molecule has 1 aromatic carbocycles. The zero-order valence-electron chi connectivity index (χ0n) is 15.7. The van der Waals surface area contributed by atoms with Crippen LogP contribution in [0.2, 0.25) is 0 Å². The van der Waals surface area contributed by atoms with E-state index in [0.29, 0.717) is 25.4 Å². The number of aryl methyl sites for hydroxylation is 1. The minimum absolute atomic E-state index is 0.313. The maximum Gasteiger partial charge on any atom is 0.289 e. The number of hydrogen-bond donors (Lipinski definition) is 2. The molecule has 1 aliphatic carbocycles. The van der Waals surface area contributed by atoms with Crippen LogP contribution < -0.4 is 5.32 Å². The third kappa shape index (κ3) is 7.05. The van der Waals surface area contributed by atoms with Gasteiger partial charge in [-0.2, -0.15) is 0 Å². The third-order valence-corrected chi connectivity index (χ3v) is 4.33. The average Bonchev–Trinajstić information content (AvgIpc) is 3.41. The molecule has 144 valence electrons. The quantitative estimate of drug-likeness (QED) is 0.548. The Labute approximate surface area is 159 Å². The second-order valence-corrected chi connectivity index (χ2v) is 6.69. The van der Waals surface area contributed by atoms with Gasteiger partial charge in [-0.15, -0.1) is 0 Å². The molecule has 2 amide bonds. The number of benzene rings is 1. The van der Waals surface area contributed by atoms with Crippen LogP contribution in [0.1, 0.15) is 31.0 Å². The number of carbonyl (C=O) groups excluding carboxylic acids is 3. The summed E-state index contributed by atoms with van der Waals surface area (Å²) >= 11 is 0. The molecule has 0 bridgehead atoms. The lowest BCUT2D eigenvalue weighted by molar-refractivity contribution is -0.142. The summed E-state index contributed by atoms with van der Waals surface area (Å²) in [4.78, 5) is 43.0. The zero-order chi connectivity index (χ0) is 19.6. The standard InChI is InChI=1S/C16H20N2O3.C4H6N2/c1-12(15(20)16(21)17-9-13-7-8-13)18(11-19)10-14-5-3-2-4-6-14;1-4-2-5-3-6-4/h2-6,11-13H,7-10H2,1H3,(H,17,21);2-3H,1H3,(H,5,6)/t12-;/m0./s1. The minimum Gasteiger partial charge on any atom is -0.349 e. The van der Waals surface area contributed by atoms with Crippen LogP contribution in [-0.4, -0.2) is 45.6 Å². The normalized spacial score (nSPS) is 13.7. The lowest BCUT2D eigenvalue weighted by Crippen LogP contribution is -2.45. The van der Waals surface area contributed by atoms with Crippen LogP contribution in [0.5, 0.6) is 0 Å². The van der Waals surface area contributed by atoms with Gasteiger partial charge in [-0.1, -0.05) is 30.3 Å². The molecule has 7 heteroatoms. The van der Waals surface area contributed by atoms with Crippen molar-refractivity contribution in [3.05, 3.63) is 54.1 Å². The summed E-state index contributed by atoms with van der Waals surface area (Å²) in [5.74, 6) is -0.656. The van der Waals surface area contributed by atoms with Gasteiger partial charge in [-0.3, -0.25) is 14.4 Å². The number of ketones is 1. The Balaban J connectivity index is 0.000000369. The van der Waals surface area contributed by atoms with E-state index in [1.807, 2.05) is 37.3 Å². The van der Waals surface area contributed by atoms with E-state index in [4.69, 9.17) is 0 Å². The Bertz CT molecular complexity index is 727. The van der Waals surface area contributed by atoms with Gasteiger partial charge >= 0.3 is 0 Å². The van der Waals surface area contributed by atoms with Crippen LogP contribution in [-0.2, 0) is 20.9 Å². The predicted octanol–water partition coefficient (Wildman–Crippen LogP) is 1.85. The molecule has 1 aliphatic rings. The SMILES string of the molecule is C[C@@H](C(=O)C(=O)NCC1CC1)N(C=O)Cc1ccccc1.Cc1cnc[nH]1. The van der Waals surface area contributed by atoms with Crippen molar-refractivity contribution >= 4 is 18.1 Å². The number of hydrogen-bond acceptors (Lipinski definition) is 4. The largest absolute Gasteiger partial charge is 0.349 e. The van der Waals surface area contributed by atoms with Crippen LogP contribution in [0.15, 0.2) is 42.9 Å². The minimum atomic E-state index is -0.762. The first-order valence-corrected chi connectivity index (χ1v) is 9.03. The molecule has 0 aliphatic heterocycles. The Morgan fingerprint density at radius 3 is 2.52 bits per heavy atom. The summed E-state index contributed by atoms with van der Waals surface area (Å²) < 4.78 is 0. The number of H-pyrrole nitrogens is 1. The molecule has 7 nitrogen and oxygen atoms in total. The van der Waals surface area contributed by atoms with E-state index in [0.717, 1.165) is 24.1 Å². The molecule has 2 N–H and O–H groups in total. The highest BCUT2D eigenvalue weighted by atomic mass is 16.2. The smallest absolute Gasteiger partial charge is 0.289 e. The maximum atomic E-state index is 12.1. The Morgan fingerprint density at radius 1 is 1.33 bits per heavy atom. The molecule has 2 aromatic rings. The fraction of sp³-hybridized carbons (Fsp3) is 0.400. The molecule has 1 heterocycles. The van der Waals surface area contributed by atoms with Gasteiger partial charge < -0.3 is 15.2 Å². The molecule has 0 unspecified atom stereocenters. The molecular weight excluding hydrogens is 344 g/mol. The summed E-state index contributed by atoms with van der Waals surface area (Å²) in [6.07, 6.45) is 6.27. The lowest BCUT2D eigenvalue weighted by atomic mass is 10.1. The van der Waals surface area contributed by atoms with E-state index in [1.54, 1.807) is 19.4 Å². The molecular formula is C20H26N4O3. The van der Waals surface area contributed by atoms with E-state index in [2.05, 4.69) is 15.3 Å². The van der Waals surface area contributed by atoms with Crippen LogP contribution in [0.25, 0.3) is 0 Å². The van der Waals surface area contributed by atoms with Crippen molar-refractivity contribution in [3.8, 4) is 0 Å². The van der Waals surface area contributed by atoms with Gasteiger partial charge in [0.1, 0.15) is 0 Å². The maximum absolute atomic E-state index is 12.1. The second kappa shape index (κ2) is 10.3. The van der Waals surface area contributed by atoms with Crippen molar-refractivity contribution < 1.29 is 14.4 Å². The first-order valence-electron chi connectivity index (χ1n) is 9.03. The first kappa shape index (κ1) is 20.4. The number of aromatic amines is 1. The van der Waals surface area contributed by atoms with Crippen molar-refractivity contribution in [2.75, 3.05) is 6.54 Å². The highest BCUT2D eigenvalue weighted by Crippen LogP contribution is 2.27. The van der Waals surface area contributed by atoms with Crippen LogP contribution in [0, 0.1) is 12.8 Å². The third-order valence-electron chi connectivity index (χ3n) is 4.33. The van der Waals surface area contributed by atoms with Gasteiger partial charge in [0.2, 0.25) is 12.2 Å². The molecule has 3 rings (SSSR count). The molecule has 0 radical (unpaired) electrons. The number of aromatic nitrogens is 2. The van der Waals surface area contributed by atoms with Gasteiger partial charge in [-0.25, -0.2) is 4.98 Å². The lowest BCUT2D eigenvalue weighted by Gasteiger charge is -2.23. The van der Waals surface area contributed by atoms with E-state index in [-0.39, 0.29) is 0 Å². The summed E-state index contributed by atoms with van der Waals surface area (Å²) in [5.41, 5.74) is 2.03. The van der Waals surface area contributed by atoms with Gasteiger partial charge in [0.25, 0.3) is 5.91 Å². The number of Topliss-reactive ketones (excluding diaryl/α,β-unsaturated/α-hetero) is 1. The molecule has 0 saturated heterocycles. The highest BCUT2D eigenvalue weighted by molar-refractivity contribution is 6.38. The predicted molar refractivity (Wildman–Crippen MR) is 102 cm³/mol. The molecule has 1 aromatic heterocycles. The monoisotopic (exact) mass is 370 g/mol. The van der Waals surface area contributed by atoms with Gasteiger partial charge in [0.15, 0.2) is 0 Å². The fourth-order valence-electron chi connectivity index (χ4n) is 2.37. The van der Waals surface area contributed by atoms with Gasteiger partial charge in [-0.05, 0) is 38.2 Å². The van der Waals surface area contributed by atoms with E-state index in [1.165, 1.54) is 4.90 Å². The van der Waals surface area contributed by atoms with E-state index in [9.17, 15) is 14.4 Å². The van der Waals surface area contributed by atoms with Crippen LogP contribution in [0.3, 0.4) is 0 Å². The first-order chi connectivity index (χ1) is 13.0. The zero-order valence-corrected chi connectivity index (χ0v) is 15.7. The topological polar surface area (TPSA) is 95.2 Å². The van der Waals surface area contributed by atoms with E-state index >= 15 is 0 Å². The van der Waals surface area contributed by atoms with Gasteiger partial charge in [0, 0.05) is 25.0 Å². The molecule has 0 spiro atoms.